The maximum Gasteiger partial charge on any atom is 0.254 e. The maximum absolute atomic E-state index is 12.4. The Morgan fingerprint density at radius 1 is 1.38 bits per heavy atom. The van der Waals surface area contributed by atoms with Gasteiger partial charge in [-0.1, -0.05) is 13.8 Å². The van der Waals surface area contributed by atoms with E-state index < -0.39 is 6.10 Å². The Morgan fingerprint density at radius 3 is 2.67 bits per heavy atom. The van der Waals surface area contributed by atoms with Crippen LogP contribution in [0, 0.1) is 5.92 Å². The van der Waals surface area contributed by atoms with Crippen molar-refractivity contribution >= 4 is 11.8 Å². The van der Waals surface area contributed by atoms with Crippen molar-refractivity contribution in [1.29, 1.82) is 0 Å². The minimum atomic E-state index is -0.721. The fourth-order valence-corrected chi connectivity index (χ4v) is 2.45. The van der Waals surface area contributed by atoms with Crippen molar-refractivity contribution in [3.63, 3.8) is 0 Å². The van der Waals surface area contributed by atoms with E-state index in [0.717, 1.165) is 0 Å². The molecule has 1 aromatic rings. The Labute approximate surface area is 124 Å². The Hall–Kier alpha value is -1.95. The summed E-state index contributed by atoms with van der Waals surface area (Å²) in [7, 11) is 0. The molecule has 114 valence electrons. The largest absolute Gasteiger partial charge is 0.389 e. The van der Waals surface area contributed by atoms with Crippen LogP contribution in [-0.4, -0.2) is 64.0 Å². The average molecular weight is 291 g/mol. The van der Waals surface area contributed by atoms with Crippen LogP contribution < -0.4 is 0 Å². The first-order chi connectivity index (χ1) is 9.97. The van der Waals surface area contributed by atoms with Gasteiger partial charge in [-0.15, -0.1) is 0 Å². The highest BCUT2D eigenvalue weighted by molar-refractivity contribution is 5.96. The molecule has 1 aliphatic rings. The molecule has 1 N–H and O–H groups in total. The first-order valence-corrected chi connectivity index (χ1v) is 7.12. The lowest BCUT2D eigenvalue weighted by atomic mass is 10.2. The van der Waals surface area contributed by atoms with E-state index >= 15 is 0 Å². The summed E-state index contributed by atoms with van der Waals surface area (Å²) in [5.41, 5.74) is 0.474. The fourth-order valence-electron chi connectivity index (χ4n) is 2.45. The number of aliphatic hydroxyl groups excluding tert-OH is 1. The Kier molecular flexibility index (Phi) is 4.90. The molecule has 0 saturated carbocycles. The van der Waals surface area contributed by atoms with Gasteiger partial charge < -0.3 is 14.9 Å². The third kappa shape index (κ3) is 4.01. The van der Waals surface area contributed by atoms with Crippen LogP contribution in [-0.2, 0) is 4.79 Å². The normalized spacial score (nSPS) is 19.8. The zero-order chi connectivity index (χ0) is 15.4. The van der Waals surface area contributed by atoms with Gasteiger partial charge in [0.15, 0.2) is 0 Å². The molecule has 6 heteroatoms. The number of aromatic nitrogens is 1. The number of rotatable bonds is 3. The lowest BCUT2D eigenvalue weighted by Gasteiger charge is -2.23. The molecule has 1 aliphatic heterocycles. The van der Waals surface area contributed by atoms with Crippen LogP contribution >= 0.6 is 0 Å². The summed E-state index contributed by atoms with van der Waals surface area (Å²) in [6.45, 7) is 5.08. The molecule has 6 nitrogen and oxygen atoms in total. The van der Waals surface area contributed by atoms with E-state index in [1.54, 1.807) is 17.0 Å². The first kappa shape index (κ1) is 15.4. The lowest BCUT2D eigenvalue weighted by Crippen LogP contribution is -2.40. The number of carbonyl (C=O) groups is 2. The standard InChI is InChI=1S/C15H21N3O3/c1-11(2)7-17-8-13(19)9-18(10-14(17)20)15(21)12-3-5-16-6-4-12/h3-6,11,13,19H,7-10H2,1-2H3. The van der Waals surface area contributed by atoms with Gasteiger partial charge in [-0.2, -0.15) is 0 Å². The molecule has 0 bridgehead atoms. The summed E-state index contributed by atoms with van der Waals surface area (Å²) >= 11 is 0. The predicted molar refractivity (Wildman–Crippen MR) is 77.6 cm³/mol. The van der Waals surface area contributed by atoms with E-state index in [1.807, 2.05) is 13.8 Å². The zero-order valence-electron chi connectivity index (χ0n) is 12.4. The van der Waals surface area contributed by atoms with Gasteiger partial charge in [0, 0.05) is 37.6 Å². The van der Waals surface area contributed by atoms with Crippen LogP contribution in [0.1, 0.15) is 24.2 Å². The number of amides is 2. The topological polar surface area (TPSA) is 73.7 Å². The minimum Gasteiger partial charge on any atom is -0.389 e. The van der Waals surface area contributed by atoms with Crippen molar-refractivity contribution in [3.8, 4) is 0 Å². The molecule has 0 spiro atoms. The first-order valence-electron chi connectivity index (χ1n) is 7.12. The van der Waals surface area contributed by atoms with Crippen molar-refractivity contribution in [2.75, 3.05) is 26.2 Å². The van der Waals surface area contributed by atoms with Gasteiger partial charge in [0.1, 0.15) is 6.54 Å². The summed E-state index contributed by atoms with van der Waals surface area (Å²) in [6, 6.07) is 3.21. The monoisotopic (exact) mass is 291 g/mol. The van der Waals surface area contributed by atoms with Crippen LogP contribution in [0.3, 0.4) is 0 Å². The fraction of sp³-hybridized carbons (Fsp3) is 0.533. The van der Waals surface area contributed by atoms with Crippen LogP contribution in [0.2, 0.25) is 0 Å². The third-order valence-electron chi connectivity index (χ3n) is 3.34. The van der Waals surface area contributed by atoms with Gasteiger partial charge in [0.05, 0.1) is 6.10 Å². The number of hydrogen-bond donors (Lipinski definition) is 1. The van der Waals surface area contributed by atoms with Crippen molar-refractivity contribution < 1.29 is 14.7 Å². The van der Waals surface area contributed by atoms with Crippen LogP contribution in [0.4, 0.5) is 0 Å². The second kappa shape index (κ2) is 6.67. The van der Waals surface area contributed by atoms with E-state index in [0.29, 0.717) is 18.0 Å². The third-order valence-corrected chi connectivity index (χ3v) is 3.34. The number of nitrogens with zero attached hydrogens (tertiary/aromatic N) is 3. The number of pyridine rings is 1. The molecule has 21 heavy (non-hydrogen) atoms. The number of β-amino-alcohol motifs (C(OH)–C–C–N with tert-alkyl or cyclic N) is 1. The van der Waals surface area contributed by atoms with Gasteiger partial charge >= 0.3 is 0 Å². The number of carbonyl (C=O) groups excluding carboxylic acids is 2. The SMILES string of the molecule is CC(C)CN1CC(O)CN(C(=O)c2ccncc2)CC1=O. The molecule has 2 rings (SSSR count). The van der Waals surface area contributed by atoms with Gasteiger partial charge in [0.2, 0.25) is 5.91 Å². The molecular formula is C15H21N3O3. The summed E-state index contributed by atoms with van der Waals surface area (Å²) in [6.07, 6.45) is 2.35. The van der Waals surface area contributed by atoms with E-state index in [2.05, 4.69) is 4.98 Å². The van der Waals surface area contributed by atoms with Gasteiger partial charge in [-0.3, -0.25) is 14.6 Å². The quantitative estimate of drug-likeness (QED) is 0.874. The smallest absolute Gasteiger partial charge is 0.254 e. The molecule has 0 aromatic carbocycles. The second-order valence-corrected chi connectivity index (χ2v) is 5.77. The highest BCUT2D eigenvalue weighted by atomic mass is 16.3. The summed E-state index contributed by atoms with van der Waals surface area (Å²) in [5, 5.41) is 10.1. The molecule has 1 aromatic heterocycles. The van der Waals surface area contributed by atoms with Crippen molar-refractivity contribution in [2.45, 2.75) is 20.0 Å². The highest BCUT2D eigenvalue weighted by Crippen LogP contribution is 2.11. The highest BCUT2D eigenvalue weighted by Gasteiger charge is 2.29. The van der Waals surface area contributed by atoms with E-state index in [-0.39, 0.29) is 31.4 Å². The minimum absolute atomic E-state index is 0.00490. The molecule has 0 aliphatic carbocycles. The molecule has 1 unspecified atom stereocenters. The Balaban J connectivity index is 2.12. The number of aliphatic hydroxyl groups is 1. The van der Waals surface area contributed by atoms with E-state index in [9.17, 15) is 14.7 Å². The van der Waals surface area contributed by atoms with E-state index in [4.69, 9.17) is 0 Å². The Bertz CT molecular complexity index is 504. The van der Waals surface area contributed by atoms with Crippen molar-refractivity contribution in [1.82, 2.24) is 14.8 Å². The molecule has 1 saturated heterocycles. The molecule has 2 amide bonds. The molecular weight excluding hydrogens is 270 g/mol. The summed E-state index contributed by atoms with van der Waals surface area (Å²) in [4.78, 5) is 31.5. The van der Waals surface area contributed by atoms with Crippen LogP contribution in [0.5, 0.6) is 0 Å². The average Bonchev–Trinajstić information content (AvgIpc) is 2.58. The molecule has 1 fully saturated rings. The van der Waals surface area contributed by atoms with E-state index in [1.165, 1.54) is 17.3 Å². The molecule has 1 atom stereocenters. The molecule has 2 heterocycles. The molecule has 0 radical (unpaired) electrons. The number of hydrogen-bond acceptors (Lipinski definition) is 4. The Morgan fingerprint density at radius 2 is 2.05 bits per heavy atom. The van der Waals surface area contributed by atoms with Gasteiger partial charge in [-0.25, -0.2) is 0 Å². The zero-order valence-corrected chi connectivity index (χ0v) is 12.4. The van der Waals surface area contributed by atoms with Gasteiger partial charge in [0.25, 0.3) is 5.91 Å². The summed E-state index contributed by atoms with van der Waals surface area (Å²) < 4.78 is 0. The van der Waals surface area contributed by atoms with Crippen molar-refractivity contribution in [2.24, 2.45) is 5.92 Å². The maximum atomic E-state index is 12.4. The summed E-state index contributed by atoms with van der Waals surface area (Å²) in [5.74, 6) is -0.0533. The predicted octanol–water partition coefficient (Wildman–Crippen LogP) is 0.383. The van der Waals surface area contributed by atoms with Crippen molar-refractivity contribution in [3.05, 3.63) is 30.1 Å². The van der Waals surface area contributed by atoms with Gasteiger partial charge in [-0.05, 0) is 18.1 Å². The lowest BCUT2D eigenvalue weighted by molar-refractivity contribution is -0.131. The van der Waals surface area contributed by atoms with Crippen LogP contribution in [0.25, 0.3) is 0 Å². The second-order valence-electron chi connectivity index (χ2n) is 5.77. The van der Waals surface area contributed by atoms with Crippen LogP contribution in [0.15, 0.2) is 24.5 Å².